The van der Waals surface area contributed by atoms with Crippen molar-refractivity contribution < 1.29 is 4.74 Å². The Morgan fingerprint density at radius 3 is 2.65 bits per heavy atom. The molecule has 0 aromatic heterocycles. The van der Waals surface area contributed by atoms with Gasteiger partial charge in [-0.3, -0.25) is 4.90 Å². The summed E-state index contributed by atoms with van der Waals surface area (Å²) >= 11 is 0. The molecule has 0 aliphatic heterocycles. The fraction of sp³-hybridized carbons (Fsp3) is 0.571. The van der Waals surface area contributed by atoms with E-state index >= 15 is 0 Å². The second-order valence-electron chi connectivity index (χ2n) is 4.10. The SMILES string of the molecule is CCN(CC)Cc1cccc(OCCCN)c1. The molecular formula is C14H24N2O. The monoisotopic (exact) mass is 236 g/mol. The summed E-state index contributed by atoms with van der Waals surface area (Å²) in [5, 5.41) is 0. The fourth-order valence-electron chi connectivity index (χ4n) is 1.71. The van der Waals surface area contributed by atoms with Crippen LogP contribution >= 0.6 is 0 Å². The quantitative estimate of drug-likeness (QED) is 0.704. The van der Waals surface area contributed by atoms with Crippen molar-refractivity contribution in [2.75, 3.05) is 26.2 Å². The van der Waals surface area contributed by atoms with Gasteiger partial charge in [0.2, 0.25) is 0 Å². The molecule has 17 heavy (non-hydrogen) atoms. The van der Waals surface area contributed by atoms with Gasteiger partial charge in [-0.15, -0.1) is 0 Å². The average Bonchev–Trinajstić information content (AvgIpc) is 2.37. The van der Waals surface area contributed by atoms with E-state index in [4.69, 9.17) is 10.5 Å². The van der Waals surface area contributed by atoms with Crippen LogP contribution in [0.25, 0.3) is 0 Å². The molecule has 3 nitrogen and oxygen atoms in total. The molecule has 0 aliphatic rings. The molecule has 0 unspecified atom stereocenters. The van der Waals surface area contributed by atoms with E-state index in [1.54, 1.807) is 0 Å². The van der Waals surface area contributed by atoms with Crippen molar-refractivity contribution >= 4 is 0 Å². The predicted molar refractivity (Wildman–Crippen MR) is 72.2 cm³/mol. The Morgan fingerprint density at radius 2 is 2.00 bits per heavy atom. The molecule has 0 fully saturated rings. The molecule has 0 heterocycles. The van der Waals surface area contributed by atoms with E-state index in [-0.39, 0.29) is 0 Å². The minimum absolute atomic E-state index is 0.680. The number of nitrogens with zero attached hydrogens (tertiary/aromatic N) is 1. The van der Waals surface area contributed by atoms with Gasteiger partial charge < -0.3 is 10.5 Å². The molecule has 1 aromatic carbocycles. The summed E-state index contributed by atoms with van der Waals surface area (Å²) in [6, 6.07) is 8.32. The van der Waals surface area contributed by atoms with Crippen molar-refractivity contribution in [1.29, 1.82) is 0 Å². The predicted octanol–water partition coefficient (Wildman–Crippen LogP) is 2.26. The molecule has 1 aromatic rings. The van der Waals surface area contributed by atoms with Gasteiger partial charge in [-0.05, 0) is 43.8 Å². The molecule has 0 spiro atoms. The Kier molecular flexibility index (Phi) is 6.67. The second kappa shape index (κ2) is 8.09. The molecule has 2 N–H and O–H groups in total. The summed E-state index contributed by atoms with van der Waals surface area (Å²) in [5.74, 6) is 0.947. The summed E-state index contributed by atoms with van der Waals surface area (Å²) < 4.78 is 5.64. The van der Waals surface area contributed by atoms with Crippen LogP contribution in [0.3, 0.4) is 0 Å². The smallest absolute Gasteiger partial charge is 0.119 e. The van der Waals surface area contributed by atoms with E-state index in [1.807, 2.05) is 6.07 Å². The van der Waals surface area contributed by atoms with Crippen LogP contribution in [-0.2, 0) is 6.54 Å². The number of ether oxygens (including phenoxy) is 1. The summed E-state index contributed by atoms with van der Waals surface area (Å²) in [5.41, 5.74) is 6.74. The molecule has 3 heteroatoms. The number of benzene rings is 1. The highest BCUT2D eigenvalue weighted by molar-refractivity contribution is 5.28. The van der Waals surface area contributed by atoms with Crippen LogP contribution in [0.1, 0.15) is 25.8 Å². The second-order valence-corrected chi connectivity index (χ2v) is 4.10. The van der Waals surface area contributed by atoms with Gasteiger partial charge in [0, 0.05) is 6.54 Å². The fourth-order valence-corrected chi connectivity index (χ4v) is 1.71. The van der Waals surface area contributed by atoms with Crippen LogP contribution < -0.4 is 10.5 Å². The summed E-state index contributed by atoms with van der Waals surface area (Å²) in [6.07, 6.45) is 0.903. The van der Waals surface area contributed by atoms with E-state index in [1.165, 1.54) is 5.56 Å². The maximum absolute atomic E-state index is 5.64. The lowest BCUT2D eigenvalue weighted by Gasteiger charge is -2.18. The van der Waals surface area contributed by atoms with Gasteiger partial charge in [0.25, 0.3) is 0 Å². The van der Waals surface area contributed by atoms with Crippen molar-refractivity contribution in [3.8, 4) is 5.75 Å². The van der Waals surface area contributed by atoms with Gasteiger partial charge in [0.05, 0.1) is 6.61 Å². The third kappa shape index (κ3) is 5.20. The Hall–Kier alpha value is -1.06. The molecule has 0 saturated carbocycles. The standard InChI is InChI=1S/C14H24N2O/c1-3-16(4-2)12-13-7-5-8-14(11-13)17-10-6-9-15/h5,7-8,11H,3-4,6,9-10,12,15H2,1-2H3. The Labute approximate surface area is 105 Å². The summed E-state index contributed by atoms with van der Waals surface area (Å²) in [4.78, 5) is 2.39. The number of hydrogen-bond donors (Lipinski definition) is 1. The minimum Gasteiger partial charge on any atom is -0.494 e. The Morgan fingerprint density at radius 1 is 1.24 bits per heavy atom. The zero-order chi connectivity index (χ0) is 12.5. The maximum atomic E-state index is 5.64. The molecule has 0 radical (unpaired) electrons. The largest absolute Gasteiger partial charge is 0.494 e. The molecule has 1 rings (SSSR count). The van der Waals surface area contributed by atoms with Gasteiger partial charge in [-0.2, -0.15) is 0 Å². The lowest BCUT2D eigenvalue weighted by molar-refractivity contribution is 0.292. The third-order valence-corrected chi connectivity index (χ3v) is 2.82. The normalized spacial score (nSPS) is 10.8. The third-order valence-electron chi connectivity index (χ3n) is 2.82. The molecule has 0 aliphatic carbocycles. The highest BCUT2D eigenvalue weighted by atomic mass is 16.5. The number of nitrogens with two attached hydrogens (primary N) is 1. The average molecular weight is 236 g/mol. The lowest BCUT2D eigenvalue weighted by Crippen LogP contribution is -2.22. The zero-order valence-electron chi connectivity index (χ0n) is 11.0. The molecule has 0 atom stereocenters. The van der Waals surface area contributed by atoms with Crippen LogP contribution in [0, 0.1) is 0 Å². The molecule has 0 amide bonds. The van der Waals surface area contributed by atoms with Gasteiger partial charge >= 0.3 is 0 Å². The van der Waals surface area contributed by atoms with Crippen molar-refractivity contribution in [3.05, 3.63) is 29.8 Å². The van der Waals surface area contributed by atoms with Gasteiger partial charge in [0.15, 0.2) is 0 Å². The molecular weight excluding hydrogens is 212 g/mol. The van der Waals surface area contributed by atoms with Crippen LogP contribution in [0.2, 0.25) is 0 Å². The number of rotatable bonds is 8. The van der Waals surface area contributed by atoms with E-state index in [0.717, 1.165) is 31.8 Å². The Bertz CT molecular complexity index is 311. The van der Waals surface area contributed by atoms with Crippen LogP contribution in [-0.4, -0.2) is 31.1 Å². The molecule has 0 saturated heterocycles. The summed E-state index contributed by atoms with van der Waals surface area (Å²) in [7, 11) is 0. The first-order valence-electron chi connectivity index (χ1n) is 6.44. The topological polar surface area (TPSA) is 38.5 Å². The van der Waals surface area contributed by atoms with Crippen molar-refractivity contribution in [2.45, 2.75) is 26.8 Å². The van der Waals surface area contributed by atoms with Crippen molar-refractivity contribution in [2.24, 2.45) is 5.73 Å². The molecule has 96 valence electrons. The van der Waals surface area contributed by atoms with E-state index in [0.29, 0.717) is 13.2 Å². The molecule has 0 bridgehead atoms. The van der Waals surface area contributed by atoms with Gasteiger partial charge in [0.1, 0.15) is 5.75 Å². The minimum atomic E-state index is 0.680. The lowest BCUT2D eigenvalue weighted by atomic mass is 10.2. The van der Waals surface area contributed by atoms with Crippen LogP contribution in [0.5, 0.6) is 5.75 Å². The zero-order valence-corrected chi connectivity index (χ0v) is 11.0. The first-order chi connectivity index (χ1) is 8.30. The summed E-state index contributed by atoms with van der Waals surface area (Å²) in [6.45, 7) is 8.89. The van der Waals surface area contributed by atoms with Gasteiger partial charge in [-0.1, -0.05) is 26.0 Å². The van der Waals surface area contributed by atoms with Crippen molar-refractivity contribution in [3.63, 3.8) is 0 Å². The highest BCUT2D eigenvalue weighted by Crippen LogP contribution is 2.15. The van der Waals surface area contributed by atoms with Crippen LogP contribution in [0.15, 0.2) is 24.3 Å². The van der Waals surface area contributed by atoms with E-state index in [9.17, 15) is 0 Å². The highest BCUT2D eigenvalue weighted by Gasteiger charge is 2.02. The maximum Gasteiger partial charge on any atom is 0.119 e. The first-order valence-corrected chi connectivity index (χ1v) is 6.44. The number of hydrogen-bond acceptors (Lipinski definition) is 3. The van der Waals surface area contributed by atoms with Crippen molar-refractivity contribution in [1.82, 2.24) is 4.90 Å². The Balaban J connectivity index is 2.52. The van der Waals surface area contributed by atoms with Crippen LogP contribution in [0.4, 0.5) is 0 Å². The van der Waals surface area contributed by atoms with Gasteiger partial charge in [-0.25, -0.2) is 0 Å². The first kappa shape index (κ1) is 14.0. The van der Waals surface area contributed by atoms with E-state index in [2.05, 4.69) is 36.9 Å². The van der Waals surface area contributed by atoms with E-state index < -0.39 is 0 Å².